The second kappa shape index (κ2) is 9.67. The SMILES string of the molecule is COC(COc1ccc(/C=C/c2ccc([N+](=O)[O-])c(CO)c2)cc1)OC. The molecule has 0 aromatic heterocycles. The lowest BCUT2D eigenvalue weighted by molar-refractivity contribution is -0.385. The Balaban J connectivity index is 2.03. The number of nitro benzene ring substituents is 1. The third-order valence-corrected chi connectivity index (χ3v) is 3.73. The molecule has 2 aromatic carbocycles. The summed E-state index contributed by atoms with van der Waals surface area (Å²) >= 11 is 0. The van der Waals surface area contributed by atoms with Crippen molar-refractivity contribution in [3.8, 4) is 5.75 Å². The number of benzene rings is 2. The Kier molecular flexibility index (Phi) is 7.28. The number of hydrogen-bond donors (Lipinski definition) is 1. The maximum absolute atomic E-state index is 10.9. The number of nitrogens with zero attached hydrogens (tertiary/aromatic N) is 1. The van der Waals surface area contributed by atoms with Crippen molar-refractivity contribution in [1.29, 1.82) is 0 Å². The van der Waals surface area contributed by atoms with Crippen molar-refractivity contribution in [2.24, 2.45) is 0 Å². The molecule has 0 bridgehead atoms. The number of aliphatic hydroxyl groups is 1. The van der Waals surface area contributed by atoms with Crippen molar-refractivity contribution >= 4 is 17.8 Å². The zero-order valence-corrected chi connectivity index (χ0v) is 14.6. The van der Waals surface area contributed by atoms with Crippen molar-refractivity contribution in [1.82, 2.24) is 0 Å². The Morgan fingerprint density at radius 1 is 1.08 bits per heavy atom. The Labute approximate surface area is 151 Å². The van der Waals surface area contributed by atoms with E-state index in [1.807, 2.05) is 36.4 Å². The van der Waals surface area contributed by atoms with Crippen LogP contribution in [-0.4, -0.2) is 37.1 Å². The van der Waals surface area contributed by atoms with E-state index >= 15 is 0 Å². The van der Waals surface area contributed by atoms with Crippen LogP contribution < -0.4 is 4.74 Å². The molecule has 0 saturated carbocycles. The van der Waals surface area contributed by atoms with Crippen molar-refractivity contribution in [2.75, 3.05) is 20.8 Å². The molecule has 0 saturated heterocycles. The highest BCUT2D eigenvalue weighted by atomic mass is 16.7. The van der Waals surface area contributed by atoms with Crippen LogP contribution in [-0.2, 0) is 16.1 Å². The van der Waals surface area contributed by atoms with Gasteiger partial charge in [-0.2, -0.15) is 0 Å². The molecule has 7 heteroatoms. The van der Waals surface area contributed by atoms with Crippen LogP contribution in [0.3, 0.4) is 0 Å². The zero-order chi connectivity index (χ0) is 18.9. The molecule has 0 aliphatic heterocycles. The van der Waals surface area contributed by atoms with E-state index in [2.05, 4.69) is 0 Å². The molecular formula is C19H21NO6. The number of methoxy groups -OCH3 is 2. The van der Waals surface area contributed by atoms with Gasteiger partial charge in [-0.15, -0.1) is 0 Å². The van der Waals surface area contributed by atoms with E-state index in [1.165, 1.54) is 6.07 Å². The van der Waals surface area contributed by atoms with Gasteiger partial charge in [-0.3, -0.25) is 10.1 Å². The minimum Gasteiger partial charge on any atom is -0.488 e. The largest absolute Gasteiger partial charge is 0.488 e. The highest BCUT2D eigenvalue weighted by molar-refractivity contribution is 5.70. The number of nitro groups is 1. The van der Waals surface area contributed by atoms with Crippen LogP contribution in [0.25, 0.3) is 12.2 Å². The number of aliphatic hydroxyl groups excluding tert-OH is 1. The van der Waals surface area contributed by atoms with E-state index in [0.717, 1.165) is 11.1 Å². The van der Waals surface area contributed by atoms with Crippen molar-refractivity contribution in [3.63, 3.8) is 0 Å². The smallest absolute Gasteiger partial charge is 0.274 e. The van der Waals surface area contributed by atoms with Crippen LogP contribution in [0.5, 0.6) is 5.75 Å². The lowest BCUT2D eigenvalue weighted by Crippen LogP contribution is -2.21. The van der Waals surface area contributed by atoms with Crippen LogP contribution >= 0.6 is 0 Å². The van der Waals surface area contributed by atoms with Gasteiger partial charge in [-0.25, -0.2) is 0 Å². The van der Waals surface area contributed by atoms with Crippen molar-refractivity contribution in [3.05, 3.63) is 69.3 Å². The van der Waals surface area contributed by atoms with E-state index in [-0.39, 0.29) is 24.5 Å². The summed E-state index contributed by atoms with van der Waals surface area (Å²) in [4.78, 5) is 10.4. The molecule has 26 heavy (non-hydrogen) atoms. The molecule has 0 aliphatic carbocycles. The van der Waals surface area contributed by atoms with Gasteiger partial charge in [0.25, 0.3) is 5.69 Å². The molecule has 0 spiro atoms. The molecule has 0 heterocycles. The monoisotopic (exact) mass is 359 g/mol. The predicted octanol–water partition coefficient (Wildman–Crippen LogP) is 3.26. The highest BCUT2D eigenvalue weighted by Crippen LogP contribution is 2.21. The Morgan fingerprint density at radius 2 is 1.69 bits per heavy atom. The average Bonchev–Trinajstić information content (AvgIpc) is 2.67. The maximum atomic E-state index is 10.9. The molecule has 138 valence electrons. The highest BCUT2D eigenvalue weighted by Gasteiger charge is 2.12. The summed E-state index contributed by atoms with van der Waals surface area (Å²) in [6.07, 6.45) is 3.28. The summed E-state index contributed by atoms with van der Waals surface area (Å²) in [6.45, 7) is -0.0944. The first-order valence-electron chi connectivity index (χ1n) is 7.92. The first-order chi connectivity index (χ1) is 12.6. The van der Waals surface area contributed by atoms with E-state index in [1.54, 1.807) is 26.4 Å². The normalized spacial score (nSPS) is 11.2. The van der Waals surface area contributed by atoms with Crippen LogP contribution in [0, 0.1) is 10.1 Å². The summed E-state index contributed by atoms with van der Waals surface area (Å²) in [5, 5.41) is 20.2. The molecule has 2 aromatic rings. The predicted molar refractivity (Wildman–Crippen MR) is 97.7 cm³/mol. The zero-order valence-electron chi connectivity index (χ0n) is 14.6. The Morgan fingerprint density at radius 3 is 2.27 bits per heavy atom. The summed E-state index contributed by atoms with van der Waals surface area (Å²) in [5.74, 6) is 0.694. The molecule has 0 fully saturated rings. The van der Waals surface area contributed by atoms with Gasteiger partial charge in [0.05, 0.1) is 17.1 Å². The van der Waals surface area contributed by atoms with Crippen LogP contribution in [0.4, 0.5) is 5.69 Å². The Bertz CT molecular complexity index is 753. The van der Waals surface area contributed by atoms with Gasteiger partial charge in [-0.05, 0) is 35.4 Å². The number of rotatable bonds is 9. The molecular weight excluding hydrogens is 338 g/mol. The summed E-state index contributed by atoms with van der Waals surface area (Å²) in [7, 11) is 3.09. The van der Waals surface area contributed by atoms with Gasteiger partial charge in [0, 0.05) is 20.3 Å². The van der Waals surface area contributed by atoms with Gasteiger partial charge in [0.1, 0.15) is 12.4 Å². The molecule has 0 atom stereocenters. The molecule has 2 rings (SSSR count). The standard InChI is InChI=1S/C19H21NO6/c1-24-19(25-2)13-26-17-8-5-14(6-9-17)3-4-15-7-10-18(20(22)23)16(11-15)12-21/h3-11,19,21H,12-13H2,1-2H3/b4-3+. The maximum Gasteiger partial charge on any atom is 0.274 e. The molecule has 7 nitrogen and oxygen atoms in total. The van der Waals surface area contributed by atoms with E-state index < -0.39 is 11.2 Å². The van der Waals surface area contributed by atoms with Crippen LogP contribution in [0.15, 0.2) is 42.5 Å². The fraction of sp³-hybridized carbons (Fsp3) is 0.263. The summed E-state index contributed by atoms with van der Waals surface area (Å²) in [6, 6.07) is 12.1. The van der Waals surface area contributed by atoms with E-state index in [4.69, 9.17) is 14.2 Å². The van der Waals surface area contributed by atoms with E-state index in [9.17, 15) is 15.2 Å². The van der Waals surface area contributed by atoms with Crippen LogP contribution in [0.2, 0.25) is 0 Å². The minimum atomic E-state index is -0.504. The fourth-order valence-electron chi connectivity index (χ4n) is 2.28. The summed E-state index contributed by atoms with van der Waals surface area (Å²) < 4.78 is 15.7. The lowest BCUT2D eigenvalue weighted by atomic mass is 10.1. The first kappa shape index (κ1) is 19.6. The number of ether oxygens (including phenoxy) is 3. The van der Waals surface area contributed by atoms with Gasteiger partial charge >= 0.3 is 0 Å². The lowest BCUT2D eigenvalue weighted by Gasteiger charge is -2.14. The van der Waals surface area contributed by atoms with Crippen LogP contribution in [0.1, 0.15) is 16.7 Å². The second-order valence-electron chi connectivity index (χ2n) is 5.42. The molecule has 0 amide bonds. The third kappa shape index (κ3) is 5.38. The average molecular weight is 359 g/mol. The fourth-order valence-corrected chi connectivity index (χ4v) is 2.28. The van der Waals surface area contributed by atoms with Gasteiger partial charge in [0.15, 0.2) is 6.29 Å². The quantitative estimate of drug-likeness (QED) is 0.320. The third-order valence-electron chi connectivity index (χ3n) is 3.73. The minimum absolute atomic E-state index is 0.0865. The van der Waals surface area contributed by atoms with Gasteiger partial charge in [0.2, 0.25) is 0 Å². The topological polar surface area (TPSA) is 91.1 Å². The first-order valence-corrected chi connectivity index (χ1v) is 7.92. The summed E-state index contributed by atoms with van der Waals surface area (Å²) in [5.41, 5.74) is 1.91. The molecule has 1 N–H and O–H groups in total. The van der Waals surface area contributed by atoms with E-state index in [0.29, 0.717) is 5.75 Å². The van der Waals surface area contributed by atoms with Crippen molar-refractivity contribution in [2.45, 2.75) is 12.9 Å². The molecule has 0 radical (unpaired) electrons. The Hall–Kier alpha value is -2.74. The second-order valence-corrected chi connectivity index (χ2v) is 5.42. The van der Waals surface area contributed by atoms with Gasteiger partial charge < -0.3 is 19.3 Å². The van der Waals surface area contributed by atoms with Crippen molar-refractivity contribution < 1.29 is 24.2 Å². The molecule has 0 aliphatic rings. The molecule has 0 unspecified atom stereocenters. The van der Waals surface area contributed by atoms with Gasteiger partial charge in [-0.1, -0.05) is 24.3 Å². The number of hydrogen-bond acceptors (Lipinski definition) is 6.